The van der Waals surface area contributed by atoms with E-state index in [1.54, 1.807) is 6.07 Å². The fourth-order valence-corrected chi connectivity index (χ4v) is 2.36. The molecule has 20 heavy (non-hydrogen) atoms. The van der Waals surface area contributed by atoms with Crippen LogP contribution in [-0.4, -0.2) is 22.9 Å². The van der Waals surface area contributed by atoms with Gasteiger partial charge in [0.05, 0.1) is 0 Å². The summed E-state index contributed by atoms with van der Waals surface area (Å²) in [6.07, 6.45) is 4.35. The maximum Gasteiger partial charge on any atom is 0.223 e. The van der Waals surface area contributed by atoms with E-state index in [4.69, 9.17) is 5.73 Å². The largest absolute Gasteiger partial charge is 0.335 e. The summed E-state index contributed by atoms with van der Waals surface area (Å²) in [6, 6.07) is 6.98. The molecule has 1 aromatic carbocycles. The number of benzene rings is 1. The second kappa shape index (κ2) is 6.84. The normalized spacial score (nSPS) is 15.9. The second-order valence-electron chi connectivity index (χ2n) is 5.75. The minimum atomic E-state index is -0.248. The van der Waals surface area contributed by atoms with Crippen molar-refractivity contribution in [1.82, 2.24) is 4.90 Å². The average Bonchev–Trinajstić information content (AvgIpc) is 3.19. The maximum atomic E-state index is 13.2. The Balaban J connectivity index is 1.91. The van der Waals surface area contributed by atoms with E-state index in [0.717, 1.165) is 31.2 Å². The molecule has 0 aromatic heterocycles. The number of rotatable bonds is 7. The molecule has 0 bridgehead atoms. The molecule has 0 aliphatic heterocycles. The number of carbonyl (C=O) groups excluding carboxylic acids is 1. The highest BCUT2D eigenvalue weighted by Gasteiger charge is 2.32. The highest BCUT2D eigenvalue weighted by Crippen LogP contribution is 2.29. The monoisotopic (exact) mass is 278 g/mol. The molecule has 3 nitrogen and oxygen atoms in total. The maximum absolute atomic E-state index is 13.2. The molecule has 4 heteroatoms. The van der Waals surface area contributed by atoms with E-state index >= 15 is 0 Å². The van der Waals surface area contributed by atoms with Gasteiger partial charge < -0.3 is 10.6 Å². The van der Waals surface area contributed by atoms with Gasteiger partial charge in [-0.2, -0.15) is 0 Å². The van der Waals surface area contributed by atoms with Crippen molar-refractivity contribution >= 4 is 5.91 Å². The van der Waals surface area contributed by atoms with Gasteiger partial charge in [0.15, 0.2) is 0 Å². The zero-order chi connectivity index (χ0) is 14.5. The predicted octanol–water partition coefficient (Wildman–Crippen LogP) is 2.83. The van der Waals surface area contributed by atoms with Crippen molar-refractivity contribution in [2.45, 2.75) is 57.7 Å². The van der Waals surface area contributed by atoms with Crippen LogP contribution in [0.1, 0.15) is 44.6 Å². The number of carbonyl (C=O) groups is 1. The third kappa shape index (κ3) is 4.60. The van der Waals surface area contributed by atoms with E-state index < -0.39 is 0 Å². The first-order chi connectivity index (χ1) is 9.56. The number of nitrogens with zero attached hydrogens (tertiary/aromatic N) is 1. The van der Waals surface area contributed by atoms with Gasteiger partial charge in [-0.25, -0.2) is 4.39 Å². The summed E-state index contributed by atoms with van der Waals surface area (Å²) in [4.78, 5) is 14.2. The average molecular weight is 278 g/mol. The lowest BCUT2D eigenvalue weighted by atomic mass is 10.1. The lowest BCUT2D eigenvalue weighted by molar-refractivity contribution is -0.132. The van der Waals surface area contributed by atoms with Crippen molar-refractivity contribution in [3.63, 3.8) is 0 Å². The van der Waals surface area contributed by atoms with Crippen molar-refractivity contribution < 1.29 is 9.18 Å². The number of nitrogens with two attached hydrogens (primary N) is 1. The van der Waals surface area contributed by atoms with Crippen LogP contribution in [-0.2, 0) is 11.3 Å². The number of halogens is 1. The quantitative estimate of drug-likeness (QED) is 0.833. The number of hydrogen-bond acceptors (Lipinski definition) is 2. The lowest BCUT2D eigenvalue weighted by Crippen LogP contribution is -2.32. The fraction of sp³-hybridized carbons (Fsp3) is 0.562. The molecule has 1 fully saturated rings. The Kier molecular flexibility index (Phi) is 5.12. The van der Waals surface area contributed by atoms with Gasteiger partial charge in [0.2, 0.25) is 5.91 Å². The molecular formula is C16H23FN2O. The van der Waals surface area contributed by atoms with E-state index in [2.05, 4.69) is 0 Å². The van der Waals surface area contributed by atoms with Crippen LogP contribution >= 0.6 is 0 Å². The Morgan fingerprint density at radius 2 is 2.25 bits per heavy atom. The van der Waals surface area contributed by atoms with E-state index in [9.17, 15) is 9.18 Å². The van der Waals surface area contributed by atoms with Gasteiger partial charge in [-0.3, -0.25) is 4.79 Å². The van der Waals surface area contributed by atoms with Crippen LogP contribution in [0, 0.1) is 5.82 Å². The predicted molar refractivity (Wildman–Crippen MR) is 77.5 cm³/mol. The second-order valence-corrected chi connectivity index (χ2v) is 5.75. The molecule has 1 atom stereocenters. The first kappa shape index (κ1) is 15.0. The van der Waals surface area contributed by atoms with Gasteiger partial charge in [-0.1, -0.05) is 12.1 Å². The molecule has 1 amide bonds. The van der Waals surface area contributed by atoms with Crippen LogP contribution in [0.2, 0.25) is 0 Å². The van der Waals surface area contributed by atoms with Gasteiger partial charge in [-0.15, -0.1) is 0 Å². The summed E-state index contributed by atoms with van der Waals surface area (Å²) in [6.45, 7) is 2.47. The van der Waals surface area contributed by atoms with Crippen molar-refractivity contribution in [1.29, 1.82) is 0 Å². The Labute approximate surface area is 120 Å². The van der Waals surface area contributed by atoms with Crippen molar-refractivity contribution in [2.24, 2.45) is 5.73 Å². The Hall–Kier alpha value is -1.42. The van der Waals surface area contributed by atoms with E-state index in [0.29, 0.717) is 19.0 Å². The zero-order valence-corrected chi connectivity index (χ0v) is 12.0. The molecule has 1 aliphatic rings. The van der Waals surface area contributed by atoms with Crippen LogP contribution in [0.15, 0.2) is 24.3 Å². The molecular weight excluding hydrogens is 255 g/mol. The third-order valence-corrected chi connectivity index (χ3v) is 3.60. The highest BCUT2D eigenvalue weighted by atomic mass is 19.1. The smallest absolute Gasteiger partial charge is 0.223 e. The minimum absolute atomic E-state index is 0.139. The summed E-state index contributed by atoms with van der Waals surface area (Å²) < 4.78 is 13.2. The summed E-state index contributed by atoms with van der Waals surface area (Å²) >= 11 is 0. The van der Waals surface area contributed by atoms with E-state index in [1.807, 2.05) is 17.9 Å². The Bertz CT molecular complexity index is 458. The lowest BCUT2D eigenvalue weighted by Gasteiger charge is -2.23. The first-order valence-corrected chi connectivity index (χ1v) is 7.36. The van der Waals surface area contributed by atoms with Crippen LogP contribution in [0.25, 0.3) is 0 Å². The Morgan fingerprint density at radius 1 is 1.50 bits per heavy atom. The molecule has 2 N–H and O–H groups in total. The van der Waals surface area contributed by atoms with Crippen molar-refractivity contribution in [3.05, 3.63) is 35.6 Å². The summed E-state index contributed by atoms with van der Waals surface area (Å²) in [7, 11) is 0. The summed E-state index contributed by atoms with van der Waals surface area (Å²) in [5.74, 6) is -0.0833. The van der Waals surface area contributed by atoms with Crippen molar-refractivity contribution in [2.75, 3.05) is 0 Å². The van der Waals surface area contributed by atoms with Crippen LogP contribution < -0.4 is 5.73 Å². The zero-order valence-electron chi connectivity index (χ0n) is 12.0. The van der Waals surface area contributed by atoms with E-state index in [-0.39, 0.29) is 17.8 Å². The van der Waals surface area contributed by atoms with Gasteiger partial charge in [0.25, 0.3) is 0 Å². The first-order valence-electron chi connectivity index (χ1n) is 7.36. The summed E-state index contributed by atoms with van der Waals surface area (Å²) in [5.41, 5.74) is 6.56. The molecule has 1 saturated carbocycles. The van der Waals surface area contributed by atoms with Gasteiger partial charge in [0.1, 0.15) is 5.82 Å². The standard InChI is InChI=1S/C16H23FN2O/c1-12(18)4-2-7-16(20)19(15-8-9-15)11-13-5-3-6-14(17)10-13/h3,5-6,10,12,15H,2,4,7-9,11,18H2,1H3. The molecule has 1 unspecified atom stereocenters. The van der Waals surface area contributed by atoms with Crippen LogP contribution in [0.5, 0.6) is 0 Å². The van der Waals surface area contributed by atoms with Crippen molar-refractivity contribution in [3.8, 4) is 0 Å². The van der Waals surface area contributed by atoms with Crippen LogP contribution in [0.3, 0.4) is 0 Å². The van der Waals surface area contributed by atoms with Gasteiger partial charge in [0, 0.05) is 25.0 Å². The molecule has 0 heterocycles. The topological polar surface area (TPSA) is 46.3 Å². The molecule has 1 aliphatic carbocycles. The Morgan fingerprint density at radius 3 is 2.85 bits per heavy atom. The highest BCUT2D eigenvalue weighted by molar-refractivity contribution is 5.76. The molecule has 2 rings (SSSR count). The SMILES string of the molecule is CC(N)CCCC(=O)N(Cc1cccc(F)c1)C1CC1. The van der Waals surface area contributed by atoms with Crippen LogP contribution in [0.4, 0.5) is 4.39 Å². The van der Waals surface area contributed by atoms with Gasteiger partial charge >= 0.3 is 0 Å². The third-order valence-electron chi connectivity index (χ3n) is 3.60. The van der Waals surface area contributed by atoms with Gasteiger partial charge in [-0.05, 0) is 50.3 Å². The number of hydrogen-bond donors (Lipinski definition) is 1. The fourth-order valence-electron chi connectivity index (χ4n) is 2.36. The molecule has 1 aromatic rings. The molecule has 0 spiro atoms. The molecule has 110 valence electrons. The summed E-state index contributed by atoms with van der Waals surface area (Å²) in [5, 5.41) is 0. The van der Waals surface area contributed by atoms with E-state index in [1.165, 1.54) is 12.1 Å². The minimum Gasteiger partial charge on any atom is -0.335 e. The molecule has 0 radical (unpaired) electrons. The molecule has 0 saturated heterocycles. The number of amides is 1.